The van der Waals surface area contributed by atoms with Crippen molar-refractivity contribution >= 4 is 42.8 Å². The number of ether oxygens (including phenoxy) is 2. The minimum Gasteiger partial charge on any atom is -0.477 e. The van der Waals surface area contributed by atoms with E-state index in [4.69, 9.17) is 19.9 Å². The van der Waals surface area contributed by atoms with E-state index in [1.165, 1.54) is 29.5 Å². The number of nitrogens with zero attached hydrogens (tertiary/aromatic N) is 2. The number of benzene rings is 2. The first-order valence-electron chi connectivity index (χ1n) is 15.0. The Hall–Kier alpha value is -3.53. The fraction of sp³-hybridized carbons (Fsp3) is 0.469. The van der Waals surface area contributed by atoms with E-state index in [0.717, 1.165) is 62.4 Å². The minimum atomic E-state index is -4.41. The van der Waals surface area contributed by atoms with Crippen LogP contribution in [-0.4, -0.2) is 71.0 Å². The van der Waals surface area contributed by atoms with Crippen LogP contribution in [0.5, 0.6) is 5.75 Å². The van der Waals surface area contributed by atoms with Crippen LogP contribution in [0.15, 0.2) is 41.3 Å². The number of anilines is 2. The molecule has 0 unspecified atom stereocenters. The summed E-state index contributed by atoms with van der Waals surface area (Å²) in [5.41, 5.74) is 1.72. The van der Waals surface area contributed by atoms with E-state index >= 15 is 0 Å². The van der Waals surface area contributed by atoms with Crippen LogP contribution in [0.2, 0.25) is 0 Å². The maximum atomic E-state index is 13.7. The number of nitrogens with two attached hydrogens (primary N) is 1. The summed E-state index contributed by atoms with van der Waals surface area (Å²) in [6.45, 7) is 3.68. The van der Waals surface area contributed by atoms with Gasteiger partial charge in [-0.25, -0.2) is 13.6 Å². The van der Waals surface area contributed by atoms with Crippen LogP contribution in [0.25, 0.3) is 10.1 Å². The highest BCUT2D eigenvalue weighted by Crippen LogP contribution is 2.42. The lowest BCUT2D eigenvalue weighted by atomic mass is 9.75. The van der Waals surface area contributed by atoms with Gasteiger partial charge in [0.15, 0.2) is 6.61 Å². The summed E-state index contributed by atoms with van der Waals surface area (Å²) in [7, 11) is -4.00. The number of alkyl halides is 3. The molecule has 0 radical (unpaired) electrons. The minimum absolute atomic E-state index is 0.0247. The second-order valence-electron chi connectivity index (χ2n) is 12.2. The second kappa shape index (κ2) is 12.9. The molecule has 0 amide bonds. The SMILES string of the molecule is N#CCOc1cc(S(N)(=O)=O)ccc1NCC#Cc1sc2c(NC3CCC(N4CC5(COC5)C4)CC3)cccc2c1CC(F)(F)F. The van der Waals surface area contributed by atoms with Gasteiger partial charge < -0.3 is 20.1 Å². The van der Waals surface area contributed by atoms with Crippen molar-refractivity contribution in [2.45, 2.75) is 55.3 Å². The normalized spacial score (nSPS) is 21.0. The molecular formula is C32H34F3N5O4S2. The number of hydrogen-bond acceptors (Lipinski definition) is 9. The molecule has 2 aromatic carbocycles. The number of rotatable bonds is 9. The summed E-state index contributed by atoms with van der Waals surface area (Å²) < 4.78 is 76.1. The molecule has 46 heavy (non-hydrogen) atoms. The quantitative estimate of drug-likeness (QED) is 0.269. The molecule has 4 N–H and O–H groups in total. The Kier molecular flexibility index (Phi) is 9.11. The smallest absolute Gasteiger partial charge is 0.393 e. The fourth-order valence-corrected chi connectivity index (χ4v) is 8.23. The van der Waals surface area contributed by atoms with Gasteiger partial charge in [0.1, 0.15) is 11.8 Å². The van der Waals surface area contributed by atoms with Crippen LogP contribution in [0, 0.1) is 28.6 Å². The van der Waals surface area contributed by atoms with Gasteiger partial charge in [-0.3, -0.25) is 4.90 Å². The summed E-state index contributed by atoms with van der Waals surface area (Å²) >= 11 is 1.25. The van der Waals surface area contributed by atoms with Crippen molar-refractivity contribution in [1.29, 1.82) is 5.26 Å². The highest BCUT2D eigenvalue weighted by molar-refractivity contribution is 7.89. The van der Waals surface area contributed by atoms with Gasteiger partial charge in [0.25, 0.3) is 0 Å². The van der Waals surface area contributed by atoms with Gasteiger partial charge >= 0.3 is 6.18 Å². The Morgan fingerprint density at radius 3 is 2.54 bits per heavy atom. The predicted octanol–water partition coefficient (Wildman–Crippen LogP) is 5.07. The van der Waals surface area contributed by atoms with Gasteiger partial charge in [-0.2, -0.15) is 18.4 Å². The van der Waals surface area contributed by atoms with E-state index in [2.05, 4.69) is 27.4 Å². The molecule has 14 heteroatoms. The Balaban J connectivity index is 1.16. The predicted molar refractivity (Wildman–Crippen MR) is 170 cm³/mol. The van der Waals surface area contributed by atoms with Crippen LogP contribution < -0.4 is 20.5 Å². The zero-order chi connectivity index (χ0) is 32.5. The van der Waals surface area contributed by atoms with Crippen molar-refractivity contribution < 1.29 is 31.1 Å². The Labute approximate surface area is 269 Å². The standard InChI is InChI=1S/C32H34F3N5O4S2/c33-32(34,35)16-25-24-3-1-4-27(39-21-6-8-22(9-7-21)40-17-31(18-40)19-43-20-31)30(24)45-29(25)5-2-13-38-26-11-10-23(46(37,41)42)15-28(26)44-14-12-36/h1,3-4,10-11,15,21-22,38-39H,6-9,13-14,16-20H2,(H2,37,41,42). The lowest BCUT2D eigenvalue weighted by Gasteiger charge is -2.58. The largest absolute Gasteiger partial charge is 0.477 e. The maximum Gasteiger partial charge on any atom is 0.393 e. The molecule has 3 heterocycles. The Morgan fingerprint density at radius 2 is 1.89 bits per heavy atom. The number of nitriles is 1. The molecule has 0 bridgehead atoms. The molecule has 1 aromatic heterocycles. The lowest BCUT2D eigenvalue weighted by molar-refractivity contribution is -0.200. The molecule has 0 atom stereocenters. The molecule has 1 saturated carbocycles. The van der Waals surface area contributed by atoms with Gasteiger partial charge in [0.2, 0.25) is 10.0 Å². The van der Waals surface area contributed by atoms with Crippen LogP contribution in [0.1, 0.15) is 36.1 Å². The van der Waals surface area contributed by atoms with Crippen molar-refractivity contribution in [2.75, 3.05) is 50.1 Å². The third-order valence-corrected chi connectivity index (χ3v) is 10.9. The van der Waals surface area contributed by atoms with Crippen molar-refractivity contribution in [3.63, 3.8) is 0 Å². The number of halogens is 3. The summed E-state index contributed by atoms with van der Waals surface area (Å²) in [6.07, 6.45) is -1.33. The van der Waals surface area contributed by atoms with Gasteiger partial charge in [0, 0.05) is 36.7 Å². The van der Waals surface area contributed by atoms with E-state index in [1.807, 2.05) is 12.1 Å². The fourth-order valence-electron chi connectivity index (χ4n) is 6.53. The van der Waals surface area contributed by atoms with Crippen LogP contribution in [-0.2, 0) is 21.2 Å². The molecule has 3 fully saturated rings. The molecule has 2 aliphatic heterocycles. The van der Waals surface area contributed by atoms with Crippen molar-refractivity contribution in [2.24, 2.45) is 10.6 Å². The molecule has 6 rings (SSSR count). The number of thiophene rings is 1. The molecule has 1 aliphatic carbocycles. The third kappa shape index (κ3) is 7.22. The van der Waals surface area contributed by atoms with E-state index in [9.17, 15) is 21.6 Å². The van der Waals surface area contributed by atoms with Crippen LogP contribution >= 0.6 is 11.3 Å². The van der Waals surface area contributed by atoms with E-state index in [1.54, 1.807) is 12.1 Å². The lowest BCUT2D eigenvalue weighted by Crippen LogP contribution is -2.68. The molecule has 244 valence electrons. The first-order valence-corrected chi connectivity index (χ1v) is 17.4. The van der Waals surface area contributed by atoms with Crippen molar-refractivity contribution in [3.8, 4) is 23.7 Å². The van der Waals surface area contributed by atoms with Gasteiger partial charge in [0.05, 0.1) is 52.0 Å². The highest BCUT2D eigenvalue weighted by Gasteiger charge is 2.50. The first-order chi connectivity index (χ1) is 21.9. The van der Waals surface area contributed by atoms with Gasteiger partial charge in [-0.1, -0.05) is 24.0 Å². The van der Waals surface area contributed by atoms with E-state index < -0.39 is 22.6 Å². The number of likely N-dealkylation sites (tertiary alicyclic amines) is 1. The first kappa shape index (κ1) is 32.4. The van der Waals surface area contributed by atoms with Crippen molar-refractivity contribution in [3.05, 3.63) is 46.8 Å². The number of primary sulfonamides is 1. The van der Waals surface area contributed by atoms with Gasteiger partial charge in [-0.15, -0.1) is 11.3 Å². The molecule has 3 aromatic rings. The highest BCUT2D eigenvalue weighted by atomic mass is 32.2. The zero-order valence-corrected chi connectivity index (χ0v) is 26.6. The average Bonchev–Trinajstić information content (AvgIpc) is 3.30. The van der Waals surface area contributed by atoms with Crippen LogP contribution in [0.4, 0.5) is 24.5 Å². The Morgan fingerprint density at radius 1 is 1.13 bits per heavy atom. The van der Waals surface area contributed by atoms with E-state index in [-0.39, 0.29) is 35.4 Å². The maximum absolute atomic E-state index is 13.7. The Bertz CT molecular complexity index is 1810. The molecule has 3 aliphatic rings. The number of fused-ring (bicyclic) bond motifs is 1. The van der Waals surface area contributed by atoms with E-state index in [0.29, 0.717) is 27.4 Å². The molecule has 2 saturated heterocycles. The summed E-state index contributed by atoms with van der Waals surface area (Å²) in [4.78, 5) is 2.72. The van der Waals surface area contributed by atoms with Gasteiger partial charge in [-0.05, 0) is 54.8 Å². The zero-order valence-electron chi connectivity index (χ0n) is 25.0. The van der Waals surface area contributed by atoms with Crippen LogP contribution in [0.3, 0.4) is 0 Å². The number of sulfonamides is 1. The molecule has 1 spiro atoms. The number of nitrogens with one attached hydrogen (secondary N) is 2. The third-order valence-electron chi connectivity index (χ3n) is 8.80. The second-order valence-corrected chi connectivity index (χ2v) is 14.8. The monoisotopic (exact) mass is 673 g/mol. The molecular weight excluding hydrogens is 640 g/mol. The summed E-state index contributed by atoms with van der Waals surface area (Å²) in [5, 5.41) is 21.2. The summed E-state index contributed by atoms with van der Waals surface area (Å²) in [5.74, 6) is 5.90. The topological polar surface area (TPSA) is 130 Å². The average molecular weight is 674 g/mol. The summed E-state index contributed by atoms with van der Waals surface area (Å²) in [6, 6.07) is 12.0. The number of hydrogen-bond donors (Lipinski definition) is 3. The van der Waals surface area contributed by atoms with Crippen molar-refractivity contribution in [1.82, 2.24) is 4.90 Å². The molecule has 9 nitrogen and oxygen atoms in total.